The van der Waals surface area contributed by atoms with Crippen LogP contribution in [0.3, 0.4) is 0 Å². The number of aliphatic carboxylic acids is 1. The molecule has 19 heavy (non-hydrogen) atoms. The number of sulfonamides is 1. The van der Waals surface area contributed by atoms with Crippen LogP contribution >= 0.6 is 0 Å². The Morgan fingerprint density at radius 2 is 1.95 bits per heavy atom. The molecular formula is C11H12N2O5S. The maximum atomic E-state index is 11.5. The van der Waals surface area contributed by atoms with Crippen molar-refractivity contribution in [1.29, 1.82) is 0 Å². The van der Waals surface area contributed by atoms with Gasteiger partial charge in [0.1, 0.15) is 0 Å². The molecule has 0 spiro atoms. The van der Waals surface area contributed by atoms with Crippen molar-refractivity contribution in [2.24, 2.45) is 0 Å². The lowest BCUT2D eigenvalue weighted by atomic mass is 10.3. The van der Waals surface area contributed by atoms with E-state index >= 15 is 0 Å². The van der Waals surface area contributed by atoms with Gasteiger partial charge in [0, 0.05) is 17.8 Å². The quantitative estimate of drug-likeness (QED) is 0.667. The molecule has 0 atom stereocenters. The van der Waals surface area contributed by atoms with Gasteiger partial charge in [0.2, 0.25) is 15.9 Å². The van der Waals surface area contributed by atoms with E-state index in [4.69, 9.17) is 5.11 Å². The van der Waals surface area contributed by atoms with Crippen LogP contribution in [0.4, 0.5) is 5.69 Å². The second kappa shape index (κ2) is 6.12. The van der Waals surface area contributed by atoms with Gasteiger partial charge in [0.15, 0.2) is 0 Å². The van der Waals surface area contributed by atoms with Crippen LogP contribution in [-0.4, -0.2) is 32.4 Å². The zero-order chi connectivity index (χ0) is 14.5. The van der Waals surface area contributed by atoms with Crippen LogP contribution in [-0.2, 0) is 19.6 Å². The Morgan fingerprint density at radius 1 is 1.26 bits per heavy atom. The molecule has 1 aromatic carbocycles. The normalized spacial score (nSPS) is 11.4. The molecule has 8 heteroatoms. The molecule has 3 N–H and O–H groups in total. The topological polar surface area (TPSA) is 113 Å². The van der Waals surface area contributed by atoms with Gasteiger partial charge in [0.05, 0.1) is 4.90 Å². The van der Waals surface area contributed by atoms with Crippen molar-refractivity contribution >= 4 is 27.6 Å². The lowest BCUT2D eigenvalue weighted by molar-refractivity contribution is -0.131. The number of benzene rings is 1. The van der Waals surface area contributed by atoms with E-state index < -0.39 is 21.9 Å². The highest BCUT2D eigenvalue weighted by Crippen LogP contribution is 2.14. The fraction of sp³-hybridized carbons (Fsp3) is 0.0909. The van der Waals surface area contributed by atoms with Crippen LogP contribution in [0.5, 0.6) is 0 Å². The summed E-state index contributed by atoms with van der Waals surface area (Å²) in [6.07, 6.45) is 1.52. The zero-order valence-corrected chi connectivity index (χ0v) is 10.8. The van der Waals surface area contributed by atoms with E-state index in [1.165, 1.54) is 31.3 Å². The van der Waals surface area contributed by atoms with Crippen molar-refractivity contribution in [3.05, 3.63) is 36.4 Å². The summed E-state index contributed by atoms with van der Waals surface area (Å²) in [5.41, 5.74) is 0.247. The average Bonchev–Trinajstić information content (AvgIpc) is 2.36. The molecule has 0 unspecified atom stereocenters. The smallest absolute Gasteiger partial charge is 0.328 e. The van der Waals surface area contributed by atoms with Gasteiger partial charge in [-0.15, -0.1) is 0 Å². The standard InChI is InChI=1S/C11H12N2O5S/c1-12-19(17,18)9-4-2-3-8(7-9)13-10(14)5-6-11(15)16/h2-7,12H,1H3,(H,13,14)(H,15,16)/b6-5+. The van der Waals surface area contributed by atoms with Crippen molar-refractivity contribution < 1.29 is 23.1 Å². The van der Waals surface area contributed by atoms with E-state index in [-0.39, 0.29) is 10.6 Å². The number of nitrogens with one attached hydrogen (secondary N) is 2. The van der Waals surface area contributed by atoms with Gasteiger partial charge in [-0.1, -0.05) is 6.07 Å². The van der Waals surface area contributed by atoms with E-state index in [1.807, 2.05) is 0 Å². The van der Waals surface area contributed by atoms with Gasteiger partial charge in [0.25, 0.3) is 0 Å². The lowest BCUT2D eigenvalue weighted by Gasteiger charge is -2.06. The molecular weight excluding hydrogens is 272 g/mol. The van der Waals surface area contributed by atoms with Gasteiger partial charge in [-0.25, -0.2) is 17.9 Å². The molecule has 0 heterocycles. The first-order chi connectivity index (χ1) is 8.85. The van der Waals surface area contributed by atoms with Crippen molar-refractivity contribution in [2.45, 2.75) is 4.90 Å². The Morgan fingerprint density at radius 3 is 2.53 bits per heavy atom. The van der Waals surface area contributed by atoms with Crippen LogP contribution < -0.4 is 10.0 Å². The first-order valence-electron chi connectivity index (χ1n) is 5.11. The molecule has 0 aliphatic carbocycles. The van der Waals surface area contributed by atoms with Crippen LogP contribution in [0, 0.1) is 0 Å². The van der Waals surface area contributed by atoms with E-state index in [9.17, 15) is 18.0 Å². The zero-order valence-electron chi connectivity index (χ0n) is 9.95. The molecule has 0 bridgehead atoms. The number of carbonyl (C=O) groups excluding carboxylic acids is 1. The molecule has 0 fully saturated rings. The molecule has 0 radical (unpaired) electrons. The molecule has 0 saturated carbocycles. The van der Waals surface area contributed by atoms with Gasteiger partial charge in [-0.05, 0) is 25.2 Å². The molecule has 0 aliphatic rings. The Balaban J connectivity index is 2.90. The molecule has 0 aromatic heterocycles. The number of rotatable bonds is 5. The summed E-state index contributed by atoms with van der Waals surface area (Å²) in [5.74, 6) is -1.91. The Hall–Kier alpha value is -2.19. The summed E-state index contributed by atoms with van der Waals surface area (Å²) in [4.78, 5) is 21.5. The van der Waals surface area contributed by atoms with Crippen LogP contribution in [0.15, 0.2) is 41.3 Å². The fourth-order valence-corrected chi connectivity index (χ4v) is 1.97. The minimum absolute atomic E-state index is 0.00462. The molecule has 0 saturated heterocycles. The summed E-state index contributed by atoms with van der Waals surface area (Å²) >= 11 is 0. The summed E-state index contributed by atoms with van der Waals surface area (Å²) < 4.78 is 25.2. The number of amides is 1. The predicted molar refractivity (Wildman–Crippen MR) is 68.1 cm³/mol. The third-order valence-electron chi connectivity index (χ3n) is 2.06. The van der Waals surface area contributed by atoms with Crippen molar-refractivity contribution in [3.63, 3.8) is 0 Å². The number of carboxylic acid groups (broad SMARTS) is 1. The summed E-state index contributed by atoms with van der Waals surface area (Å²) in [6, 6.07) is 5.58. The predicted octanol–water partition coefficient (Wildman–Crippen LogP) is 0.174. The monoisotopic (exact) mass is 284 g/mol. The van der Waals surface area contributed by atoms with E-state index in [1.54, 1.807) is 0 Å². The molecule has 102 valence electrons. The van der Waals surface area contributed by atoms with Crippen LogP contribution in [0.2, 0.25) is 0 Å². The summed E-state index contributed by atoms with van der Waals surface area (Å²) in [7, 11) is -2.32. The summed E-state index contributed by atoms with van der Waals surface area (Å²) in [6.45, 7) is 0. The molecule has 1 aromatic rings. The Labute approximate surface area is 110 Å². The fourth-order valence-electron chi connectivity index (χ4n) is 1.19. The van der Waals surface area contributed by atoms with Crippen molar-refractivity contribution in [2.75, 3.05) is 12.4 Å². The van der Waals surface area contributed by atoms with Gasteiger partial charge in [-0.2, -0.15) is 0 Å². The average molecular weight is 284 g/mol. The number of carbonyl (C=O) groups is 2. The van der Waals surface area contributed by atoms with Gasteiger partial charge < -0.3 is 10.4 Å². The molecule has 1 rings (SSSR count). The van der Waals surface area contributed by atoms with Gasteiger partial charge >= 0.3 is 5.97 Å². The molecule has 0 aliphatic heterocycles. The Kier molecular flexibility index (Phi) is 4.79. The van der Waals surface area contributed by atoms with Crippen molar-refractivity contribution in [3.8, 4) is 0 Å². The summed E-state index contributed by atoms with van der Waals surface area (Å²) in [5, 5.41) is 10.7. The molecule has 7 nitrogen and oxygen atoms in total. The third kappa shape index (κ3) is 4.53. The SMILES string of the molecule is CNS(=O)(=O)c1cccc(NC(=O)/C=C/C(=O)O)c1. The minimum atomic E-state index is -3.60. The maximum absolute atomic E-state index is 11.5. The number of carboxylic acids is 1. The van der Waals surface area contributed by atoms with E-state index in [2.05, 4.69) is 10.0 Å². The number of hydrogen-bond acceptors (Lipinski definition) is 4. The minimum Gasteiger partial charge on any atom is -0.478 e. The maximum Gasteiger partial charge on any atom is 0.328 e. The molecule has 1 amide bonds. The first-order valence-corrected chi connectivity index (χ1v) is 6.59. The third-order valence-corrected chi connectivity index (χ3v) is 3.47. The number of anilines is 1. The number of hydrogen-bond donors (Lipinski definition) is 3. The van der Waals surface area contributed by atoms with Gasteiger partial charge in [-0.3, -0.25) is 4.79 Å². The lowest BCUT2D eigenvalue weighted by Crippen LogP contribution is -2.19. The van der Waals surface area contributed by atoms with Crippen LogP contribution in [0.1, 0.15) is 0 Å². The van der Waals surface area contributed by atoms with E-state index in [0.717, 1.165) is 6.08 Å². The van der Waals surface area contributed by atoms with Crippen LogP contribution in [0.25, 0.3) is 0 Å². The van der Waals surface area contributed by atoms with E-state index in [0.29, 0.717) is 6.08 Å². The second-order valence-electron chi connectivity index (χ2n) is 3.40. The largest absolute Gasteiger partial charge is 0.478 e. The highest BCUT2D eigenvalue weighted by atomic mass is 32.2. The second-order valence-corrected chi connectivity index (χ2v) is 5.28. The highest BCUT2D eigenvalue weighted by molar-refractivity contribution is 7.89. The van der Waals surface area contributed by atoms with Crippen molar-refractivity contribution in [1.82, 2.24) is 4.72 Å². The first kappa shape index (κ1) is 14.9. The Bertz CT molecular complexity index is 622. The highest BCUT2D eigenvalue weighted by Gasteiger charge is 2.11.